The van der Waals surface area contributed by atoms with Crippen molar-refractivity contribution >= 4 is 11.6 Å². The lowest BCUT2D eigenvalue weighted by molar-refractivity contribution is 0.138. The van der Waals surface area contributed by atoms with E-state index in [4.69, 9.17) is 16.6 Å². The number of hydrogen-bond acceptors (Lipinski definition) is 6. The summed E-state index contributed by atoms with van der Waals surface area (Å²) in [6.45, 7) is 1.42. The van der Waals surface area contributed by atoms with Gasteiger partial charge in [0, 0.05) is 13.1 Å². The second-order valence-electron chi connectivity index (χ2n) is 3.72. The first-order valence-corrected chi connectivity index (χ1v) is 4.94. The van der Waals surface area contributed by atoms with Crippen LogP contribution in [0.4, 0.5) is 11.6 Å². The Hall–Kier alpha value is -2.12. The van der Waals surface area contributed by atoms with Crippen LogP contribution in [0.5, 0.6) is 0 Å². The molecule has 8 heteroatoms. The van der Waals surface area contributed by atoms with Crippen LogP contribution in [-0.2, 0) is 0 Å². The zero-order valence-corrected chi connectivity index (χ0v) is 8.64. The molecule has 0 unspecified atom stereocenters. The van der Waals surface area contributed by atoms with Gasteiger partial charge in [0.1, 0.15) is 0 Å². The van der Waals surface area contributed by atoms with Gasteiger partial charge in [0.2, 0.25) is 11.0 Å². The van der Waals surface area contributed by atoms with Gasteiger partial charge in [-0.25, -0.2) is 0 Å². The molecular weight excluding hydrogens is 212 g/mol. The lowest BCUT2D eigenvalue weighted by Gasteiger charge is -2.22. The fourth-order valence-electron chi connectivity index (χ4n) is 1.86. The third kappa shape index (κ3) is 1.30. The van der Waals surface area contributed by atoms with Crippen LogP contribution in [0.25, 0.3) is 0 Å². The van der Waals surface area contributed by atoms with E-state index in [1.165, 1.54) is 0 Å². The summed E-state index contributed by atoms with van der Waals surface area (Å²) in [5.74, 6) is 0.0337. The van der Waals surface area contributed by atoms with Crippen LogP contribution in [0.3, 0.4) is 0 Å². The first-order valence-electron chi connectivity index (χ1n) is 4.94. The summed E-state index contributed by atoms with van der Waals surface area (Å²) < 4.78 is 0.943. The zero-order valence-electron chi connectivity index (χ0n) is 8.64. The third-order valence-corrected chi connectivity index (χ3v) is 2.71. The van der Waals surface area contributed by atoms with Gasteiger partial charge in [-0.15, -0.1) is 9.46 Å². The van der Waals surface area contributed by atoms with E-state index in [-0.39, 0.29) is 11.6 Å². The van der Waals surface area contributed by atoms with Gasteiger partial charge in [-0.2, -0.15) is 0 Å². The summed E-state index contributed by atoms with van der Waals surface area (Å²) >= 11 is 0. The van der Waals surface area contributed by atoms with Crippen molar-refractivity contribution in [2.24, 2.45) is 0 Å². The number of nitrogen functional groups attached to an aromatic ring is 1. The topological polar surface area (TPSA) is 127 Å². The van der Waals surface area contributed by atoms with Gasteiger partial charge in [0.25, 0.3) is 0 Å². The van der Waals surface area contributed by atoms with E-state index in [0.29, 0.717) is 22.6 Å². The maximum atomic E-state index is 9.71. The summed E-state index contributed by atoms with van der Waals surface area (Å²) in [4.78, 5) is 1.78. The van der Waals surface area contributed by atoms with Crippen LogP contribution >= 0.6 is 0 Å². The number of nitrogens with one attached hydrogen (secondary N) is 2. The van der Waals surface area contributed by atoms with Crippen molar-refractivity contribution in [2.75, 3.05) is 23.7 Å². The highest BCUT2D eigenvalue weighted by Crippen LogP contribution is 2.22. The highest BCUT2D eigenvalue weighted by Gasteiger charge is 2.21. The molecule has 0 saturated carbocycles. The van der Waals surface area contributed by atoms with Crippen LogP contribution in [0.15, 0.2) is 0 Å². The van der Waals surface area contributed by atoms with Crippen molar-refractivity contribution in [3.63, 3.8) is 0 Å². The zero-order chi connectivity index (χ0) is 11.9. The molecule has 1 saturated heterocycles. The van der Waals surface area contributed by atoms with Gasteiger partial charge in [0.05, 0.1) is 0 Å². The largest absolute Gasteiger partial charge is 0.425 e. The number of rotatable bonds is 1. The Morgan fingerprint density at radius 3 is 2.06 bits per heavy atom. The summed E-state index contributed by atoms with van der Waals surface area (Å²) in [5.41, 5.74) is 4.57. The molecule has 1 aliphatic heterocycles. The SMILES string of the molecule is N=c1c(=N)n(O)c(N2CCCC2)c(N)n1O. The monoisotopic (exact) mass is 226 g/mol. The molecule has 88 valence electrons. The van der Waals surface area contributed by atoms with Gasteiger partial charge in [-0.3, -0.25) is 10.8 Å². The molecule has 1 aliphatic rings. The Morgan fingerprint density at radius 1 is 1.00 bits per heavy atom. The molecule has 0 radical (unpaired) electrons. The minimum atomic E-state index is -0.553. The number of nitrogens with zero attached hydrogens (tertiary/aromatic N) is 3. The molecule has 6 N–H and O–H groups in total. The van der Waals surface area contributed by atoms with Crippen molar-refractivity contribution in [1.29, 1.82) is 10.8 Å². The number of hydrogen-bond donors (Lipinski definition) is 5. The Labute approximate surface area is 90.7 Å². The van der Waals surface area contributed by atoms with Crippen molar-refractivity contribution in [3.8, 4) is 0 Å². The van der Waals surface area contributed by atoms with E-state index in [9.17, 15) is 10.4 Å². The molecule has 8 nitrogen and oxygen atoms in total. The first-order chi connectivity index (χ1) is 7.54. The predicted octanol–water partition coefficient (Wildman–Crippen LogP) is -1.09. The second-order valence-corrected chi connectivity index (χ2v) is 3.72. The second kappa shape index (κ2) is 3.47. The Morgan fingerprint density at radius 2 is 1.50 bits per heavy atom. The number of nitrogens with two attached hydrogens (primary N) is 1. The Bertz CT molecular complexity index is 525. The van der Waals surface area contributed by atoms with Crippen molar-refractivity contribution < 1.29 is 10.4 Å². The van der Waals surface area contributed by atoms with Crippen LogP contribution < -0.4 is 21.6 Å². The van der Waals surface area contributed by atoms with Crippen LogP contribution in [0.2, 0.25) is 0 Å². The molecule has 0 atom stereocenters. The fraction of sp³-hybridized carbons (Fsp3) is 0.500. The van der Waals surface area contributed by atoms with E-state index >= 15 is 0 Å². The molecule has 1 aromatic rings. The highest BCUT2D eigenvalue weighted by molar-refractivity contribution is 5.58. The highest BCUT2D eigenvalue weighted by atomic mass is 16.5. The average Bonchev–Trinajstić information content (AvgIpc) is 2.77. The molecule has 0 bridgehead atoms. The van der Waals surface area contributed by atoms with Gasteiger partial charge >= 0.3 is 0 Å². The molecule has 2 rings (SSSR count). The summed E-state index contributed by atoms with van der Waals surface area (Å²) in [6, 6.07) is 0. The summed E-state index contributed by atoms with van der Waals surface area (Å²) in [5, 5.41) is 34.0. The van der Waals surface area contributed by atoms with E-state index in [0.717, 1.165) is 12.8 Å². The molecule has 1 fully saturated rings. The third-order valence-electron chi connectivity index (χ3n) is 2.71. The minimum absolute atomic E-state index is 0.134. The van der Waals surface area contributed by atoms with Crippen LogP contribution in [-0.4, -0.2) is 33.0 Å². The van der Waals surface area contributed by atoms with Crippen molar-refractivity contribution in [1.82, 2.24) is 9.46 Å². The van der Waals surface area contributed by atoms with Gasteiger partial charge in [-0.1, -0.05) is 0 Å². The molecule has 16 heavy (non-hydrogen) atoms. The van der Waals surface area contributed by atoms with E-state index in [1.54, 1.807) is 4.90 Å². The van der Waals surface area contributed by atoms with Crippen LogP contribution in [0.1, 0.15) is 12.8 Å². The fourth-order valence-corrected chi connectivity index (χ4v) is 1.86. The van der Waals surface area contributed by atoms with Gasteiger partial charge < -0.3 is 21.0 Å². The molecule has 0 spiro atoms. The smallest absolute Gasteiger partial charge is 0.209 e. The maximum absolute atomic E-state index is 9.71. The summed E-state index contributed by atoms with van der Waals surface area (Å²) in [6.07, 6.45) is 1.95. The lowest BCUT2D eigenvalue weighted by atomic mass is 10.4. The van der Waals surface area contributed by atoms with Gasteiger partial charge in [0.15, 0.2) is 11.6 Å². The lowest BCUT2D eigenvalue weighted by Crippen LogP contribution is -2.44. The Kier molecular flexibility index (Phi) is 2.26. The minimum Gasteiger partial charge on any atom is -0.425 e. The van der Waals surface area contributed by atoms with Crippen LogP contribution in [0, 0.1) is 10.8 Å². The quantitative estimate of drug-likeness (QED) is 0.390. The predicted molar refractivity (Wildman–Crippen MR) is 54.4 cm³/mol. The summed E-state index contributed by atoms with van der Waals surface area (Å²) in [7, 11) is 0. The van der Waals surface area contributed by atoms with Crippen molar-refractivity contribution in [2.45, 2.75) is 12.8 Å². The molecule has 0 amide bonds. The molecular formula is C8H14N6O2. The number of anilines is 2. The molecule has 0 aliphatic carbocycles. The van der Waals surface area contributed by atoms with Crippen molar-refractivity contribution in [3.05, 3.63) is 11.0 Å². The Balaban J connectivity index is 2.69. The molecule has 1 aromatic heterocycles. The van der Waals surface area contributed by atoms with Gasteiger partial charge in [-0.05, 0) is 12.8 Å². The van der Waals surface area contributed by atoms with E-state index < -0.39 is 11.0 Å². The molecule has 0 aromatic carbocycles. The standard InChI is InChI=1S/C8H14N6O2/c9-5-6(10)14(16)8(7(11)13(5)15)12-3-1-2-4-12/h9-10,15-16H,1-4,11H2. The normalized spacial score (nSPS) is 15.6. The first kappa shape index (κ1) is 10.4. The molecule has 2 heterocycles. The number of aromatic nitrogens is 2. The average molecular weight is 226 g/mol. The maximum Gasteiger partial charge on any atom is 0.209 e. The van der Waals surface area contributed by atoms with E-state index in [2.05, 4.69) is 0 Å². The van der Waals surface area contributed by atoms with E-state index in [1.807, 2.05) is 0 Å².